The molecule has 4 heteroatoms. The lowest BCUT2D eigenvalue weighted by Crippen LogP contribution is -2.38. The topological polar surface area (TPSA) is 67.5 Å². The molecule has 0 radical (unpaired) electrons. The van der Waals surface area contributed by atoms with Crippen molar-refractivity contribution in [3.05, 3.63) is 0 Å². The molecule has 0 aromatic carbocycles. The van der Waals surface area contributed by atoms with Gasteiger partial charge in [-0.3, -0.25) is 0 Å². The average molecular weight is 209 g/mol. The van der Waals surface area contributed by atoms with Crippen molar-refractivity contribution in [3.63, 3.8) is 0 Å². The molecular formula is C11H19N3O. The first-order valence-corrected chi connectivity index (χ1v) is 5.62. The summed E-state index contributed by atoms with van der Waals surface area (Å²) in [5.41, 5.74) is 8.62. The maximum Gasteiger partial charge on any atom is 0.332 e. The summed E-state index contributed by atoms with van der Waals surface area (Å²) in [4.78, 5) is 10.6. The van der Waals surface area contributed by atoms with Crippen LogP contribution in [0.2, 0.25) is 0 Å². The number of hydrogen-bond acceptors (Lipinski definition) is 2. The van der Waals surface area contributed by atoms with Crippen molar-refractivity contribution < 1.29 is 4.79 Å². The number of urea groups is 1. The molecule has 2 unspecified atom stereocenters. The van der Waals surface area contributed by atoms with Crippen LogP contribution in [-0.2, 0) is 0 Å². The zero-order valence-corrected chi connectivity index (χ0v) is 9.42. The van der Waals surface area contributed by atoms with Crippen LogP contribution >= 0.6 is 0 Å². The Balaban J connectivity index is 2.17. The lowest BCUT2D eigenvalue weighted by Gasteiger charge is -2.37. The van der Waals surface area contributed by atoms with E-state index in [1.807, 2.05) is 0 Å². The predicted molar refractivity (Wildman–Crippen MR) is 59.4 cm³/mol. The number of nitrogens with two attached hydrogens (primary N) is 1. The zero-order chi connectivity index (χ0) is 11.1. The molecule has 0 saturated heterocycles. The number of hydrogen-bond donors (Lipinski definition) is 2. The van der Waals surface area contributed by atoms with Gasteiger partial charge in [-0.05, 0) is 37.5 Å². The van der Waals surface area contributed by atoms with Crippen molar-refractivity contribution in [2.75, 3.05) is 0 Å². The van der Waals surface area contributed by atoms with Crippen molar-refractivity contribution in [2.45, 2.75) is 39.5 Å². The Morgan fingerprint density at radius 2 is 2.27 bits per heavy atom. The van der Waals surface area contributed by atoms with E-state index in [0.717, 1.165) is 24.0 Å². The quantitative estimate of drug-likeness (QED) is 0.636. The summed E-state index contributed by atoms with van der Waals surface area (Å²) in [6, 6.07) is -0.573. The second-order valence-corrected chi connectivity index (χ2v) is 5.34. The van der Waals surface area contributed by atoms with Crippen LogP contribution in [0.1, 0.15) is 39.5 Å². The van der Waals surface area contributed by atoms with Crippen LogP contribution in [0.15, 0.2) is 5.10 Å². The molecule has 2 aliphatic rings. The van der Waals surface area contributed by atoms with E-state index in [0.29, 0.717) is 0 Å². The van der Waals surface area contributed by atoms with E-state index < -0.39 is 6.03 Å². The smallest absolute Gasteiger partial charge is 0.332 e. The number of carbonyl (C=O) groups excluding carboxylic acids is 1. The minimum Gasteiger partial charge on any atom is -0.350 e. The molecular weight excluding hydrogens is 190 g/mol. The number of primary amides is 1. The second-order valence-electron chi connectivity index (χ2n) is 5.34. The van der Waals surface area contributed by atoms with Crippen LogP contribution in [0, 0.1) is 17.3 Å². The largest absolute Gasteiger partial charge is 0.350 e. The summed E-state index contributed by atoms with van der Waals surface area (Å²) < 4.78 is 0. The molecule has 0 spiro atoms. The lowest BCUT2D eigenvalue weighted by atomic mass is 9.68. The van der Waals surface area contributed by atoms with Crippen LogP contribution in [0.4, 0.5) is 4.79 Å². The molecule has 3 N–H and O–H groups in total. The maximum atomic E-state index is 10.6. The Morgan fingerprint density at radius 3 is 2.93 bits per heavy atom. The van der Waals surface area contributed by atoms with Crippen molar-refractivity contribution in [1.82, 2.24) is 5.43 Å². The van der Waals surface area contributed by atoms with Crippen molar-refractivity contribution in [3.8, 4) is 0 Å². The Kier molecular flexibility index (Phi) is 2.44. The highest BCUT2D eigenvalue weighted by Gasteiger charge is 2.45. The summed E-state index contributed by atoms with van der Waals surface area (Å²) in [5, 5.41) is 4.17. The Bertz CT molecular complexity index is 309. The van der Waals surface area contributed by atoms with Crippen molar-refractivity contribution in [1.29, 1.82) is 0 Å². The fraction of sp³-hybridized carbons (Fsp3) is 0.818. The van der Waals surface area contributed by atoms with E-state index in [2.05, 4.69) is 24.4 Å². The molecule has 2 fully saturated rings. The predicted octanol–water partition coefficient (Wildman–Crippen LogP) is 1.86. The molecule has 2 saturated carbocycles. The Labute approximate surface area is 90.3 Å². The van der Waals surface area contributed by atoms with Gasteiger partial charge in [0.05, 0.1) is 0 Å². The first-order valence-electron chi connectivity index (χ1n) is 5.62. The van der Waals surface area contributed by atoms with E-state index >= 15 is 0 Å². The van der Waals surface area contributed by atoms with Gasteiger partial charge in [0.15, 0.2) is 0 Å². The number of nitrogens with zero attached hydrogens (tertiary/aromatic N) is 1. The fourth-order valence-electron chi connectivity index (χ4n) is 3.00. The van der Waals surface area contributed by atoms with Gasteiger partial charge in [-0.25, -0.2) is 10.2 Å². The summed E-state index contributed by atoms with van der Waals surface area (Å²) in [6.45, 7) is 4.45. The minimum atomic E-state index is -0.573. The molecule has 4 nitrogen and oxygen atoms in total. The lowest BCUT2D eigenvalue weighted by molar-refractivity contribution is 0.248. The third-order valence-electron chi connectivity index (χ3n) is 4.09. The van der Waals surface area contributed by atoms with Crippen LogP contribution in [0.3, 0.4) is 0 Å². The number of hydrazone groups is 1. The van der Waals surface area contributed by atoms with E-state index in [4.69, 9.17) is 5.73 Å². The fourth-order valence-corrected chi connectivity index (χ4v) is 3.00. The molecule has 2 rings (SSSR count). The zero-order valence-electron chi connectivity index (χ0n) is 9.42. The summed E-state index contributed by atoms with van der Waals surface area (Å²) in [7, 11) is 0. The first kappa shape index (κ1) is 10.5. The second kappa shape index (κ2) is 3.51. The molecule has 2 atom stereocenters. The minimum absolute atomic E-state index is 0.120. The normalized spacial score (nSPS) is 35.5. The SMILES string of the molecule is CC1(C)/C(=N/NC(N)=O)CC2CCC1C2. The van der Waals surface area contributed by atoms with Gasteiger partial charge in [-0.2, -0.15) is 5.10 Å². The summed E-state index contributed by atoms with van der Waals surface area (Å²) >= 11 is 0. The van der Waals surface area contributed by atoms with Gasteiger partial charge in [-0.1, -0.05) is 13.8 Å². The standard InChI is InChI=1S/C11H19N3O/c1-11(2)8-4-3-7(5-8)6-9(11)13-14-10(12)15/h7-8H,3-6H2,1-2H3,(H3,12,14,15)/b13-9+. The number of carbonyl (C=O) groups is 1. The molecule has 0 aromatic heterocycles. The highest BCUT2D eigenvalue weighted by molar-refractivity contribution is 5.92. The molecule has 2 amide bonds. The van der Waals surface area contributed by atoms with Crippen molar-refractivity contribution in [2.24, 2.45) is 28.1 Å². The average Bonchev–Trinajstić information content (AvgIpc) is 2.55. The van der Waals surface area contributed by atoms with Crippen molar-refractivity contribution >= 4 is 11.7 Å². The monoisotopic (exact) mass is 209 g/mol. The van der Waals surface area contributed by atoms with Crippen LogP contribution in [-0.4, -0.2) is 11.7 Å². The third kappa shape index (κ3) is 1.85. The molecule has 0 aliphatic heterocycles. The maximum absolute atomic E-state index is 10.6. The summed E-state index contributed by atoms with van der Waals surface area (Å²) in [5.74, 6) is 1.50. The van der Waals surface area contributed by atoms with E-state index in [9.17, 15) is 4.79 Å². The van der Waals surface area contributed by atoms with Gasteiger partial charge < -0.3 is 5.73 Å². The molecule has 2 bridgehead atoms. The Hall–Kier alpha value is -1.06. The molecule has 15 heavy (non-hydrogen) atoms. The number of fused-ring (bicyclic) bond motifs is 2. The highest BCUT2D eigenvalue weighted by Crippen LogP contribution is 2.50. The van der Waals surface area contributed by atoms with Gasteiger partial charge in [0.25, 0.3) is 0 Å². The van der Waals surface area contributed by atoms with Crippen LogP contribution < -0.4 is 11.2 Å². The molecule has 0 heterocycles. The van der Waals surface area contributed by atoms with Crippen LogP contribution in [0.25, 0.3) is 0 Å². The number of nitrogens with one attached hydrogen (secondary N) is 1. The van der Waals surface area contributed by atoms with Crippen LogP contribution in [0.5, 0.6) is 0 Å². The molecule has 84 valence electrons. The van der Waals surface area contributed by atoms with Gasteiger partial charge in [-0.15, -0.1) is 0 Å². The molecule has 0 aromatic rings. The molecule has 2 aliphatic carbocycles. The Morgan fingerprint density at radius 1 is 1.53 bits per heavy atom. The summed E-state index contributed by atoms with van der Waals surface area (Å²) in [6.07, 6.45) is 4.95. The van der Waals surface area contributed by atoms with Gasteiger partial charge in [0.1, 0.15) is 0 Å². The van der Waals surface area contributed by atoms with E-state index in [1.165, 1.54) is 19.3 Å². The first-order chi connectivity index (χ1) is 7.00. The number of rotatable bonds is 1. The highest BCUT2D eigenvalue weighted by atomic mass is 16.2. The van der Waals surface area contributed by atoms with Gasteiger partial charge in [0.2, 0.25) is 0 Å². The van der Waals surface area contributed by atoms with E-state index in [1.54, 1.807) is 0 Å². The van der Waals surface area contributed by atoms with E-state index in [-0.39, 0.29) is 5.41 Å². The number of amides is 2. The van der Waals surface area contributed by atoms with Gasteiger partial charge >= 0.3 is 6.03 Å². The third-order valence-corrected chi connectivity index (χ3v) is 4.09. The van der Waals surface area contributed by atoms with Gasteiger partial charge in [0, 0.05) is 11.1 Å².